The highest BCUT2D eigenvalue weighted by Gasteiger charge is 2.34. The molecule has 0 saturated heterocycles. The van der Waals surface area contributed by atoms with Gasteiger partial charge in [-0.15, -0.1) is 0 Å². The third kappa shape index (κ3) is 3.88. The number of fused-ring (bicyclic) bond motifs is 1. The zero-order valence-corrected chi connectivity index (χ0v) is 12.7. The highest BCUT2D eigenvalue weighted by Crippen LogP contribution is 2.33. The number of benzene rings is 1. The first-order chi connectivity index (χ1) is 10.2. The molecule has 3 N–H and O–H groups in total. The number of hydrogen-bond donors (Lipinski definition) is 2. The topological polar surface area (TPSA) is 73.6 Å². The van der Waals surface area contributed by atoms with Gasteiger partial charge in [0.1, 0.15) is 6.10 Å². The predicted molar refractivity (Wildman–Crippen MR) is 81.5 cm³/mol. The molecule has 0 fully saturated rings. The first kappa shape index (κ1) is 15.6. The van der Waals surface area contributed by atoms with Crippen LogP contribution in [0.25, 0.3) is 0 Å². The summed E-state index contributed by atoms with van der Waals surface area (Å²) in [6, 6.07) is 7.37. The van der Waals surface area contributed by atoms with E-state index in [1.54, 1.807) is 6.07 Å². The maximum atomic E-state index is 12.4. The molecule has 5 heteroatoms. The second-order valence-corrected chi connectivity index (χ2v) is 5.39. The largest absolute Gasteiger partial charge is 0.482 e. The number of nitrogens with two attached hydrogens (primary N) is 1. The molecular weight excluding hydrogens is 268 g/mol. The van der Waals surface area contributed by atoms with Crippen LogP contribution >= 0.6 is 0 Å². The number of rotatable bonds is 6. The van der Waals surface area contributed by atoms with Gasteiger partial charge >= 0.3 is 0 Å². The minimum atomic E-state index is -0.643. The molecule has 5 nitrogen and oxygen atoms in total. The Bertz CT molecular complexity index is 478. The Balaban J connectivity index is 1.99. The summed E-state index contributed by atoms with van der Waals surface area (Å²) in [7, 11) is 0. The Labute approximate surface area is 125 Å². The summed E-state index contributed by atoms with van der Waals surface area (Å²) in [6.07, 6.45) is 2.04. The summed E-state index contributed by atoms with van der Waals surface area (Å²) >= 11 is 0. The number of ether oxygens (including phenoxy) is 2. The van der Waals surface area contributed by atoms with E-state index in [0.717, 1.165) is 19.3 Å². The fourth-order valence-corrected chi connectivity index (χ4v) is 2.39. The Morgan fingerprint density at radius 1 is 1.33 bits per heavy atom. The van der Waals surface area contributed by atoms with E-state index in [1.165, 1.54) is 0 Å². The zero-order valence-electron chi connectivity index (χ0n) is 12.7. The number of para-hydroxylation sites is 2. The fraction of sp³-hybridized carbons (Fsp3) is 0.562. The normalized spacial score (nSPS) is 21.7. The first-order valence-corrected chi connectivity index (χ1v) is 7.58. The SMILES string of the molecule is CCCCC(CN)NC(=O)C1Oc2ccccc2OC1C. The van der Waals surface area contributed by atoms with Crippen LogP contribution in [0, 0.1) is 0 Å². The van der Waals surface area contributed by atoms with Crippen molar-refractivity contribution >= 4 is 5.91 Å². The Kier molecular flexibility index (Phi) is 5.44. The lowest BCUT2D eigenvalue weighted by molar-refractivity contribution is -0.134. The van der Waals surface area contributed by atoms with Crippen LogP contribution in [0.5, 0.6) is 11.5 Å². The van der Waals surface area contributed by atoms with E-state index in [9.17, 15) is 4.79 Å². The number of hydrogen-bond acceptors (Lipinski definition) is 4. The first-order valence-electron chi connectivity index (χ1n) is 7.58. The molecule has 1 aromatic rings. The Morgan fingerprint density at radius 2 is 2.00 bits per heavy atom. The van der Waals surface area contributed by atoms with Crippen molar-refractivity contribution in [3.63, 3.8) is 0 Å². The van der Waals surface area contributed by atoms with Gasteiger partial charge in [-0.1, -0.05) is 31.9 Å². The quantitative estimate of drug-likeness (QED) is 0.839. The van der Waals surface area contributed by atoms with E-state index in [0.29, 0.717) is 18.0 Å². The van der Waals surface area contributed by atoms with E-state index in [2.05, 4.69) is 12.2 Å². The van der Waals surface area contributed by atoms with Gasteiger partial charge in [0.25, 0.3) is 5.91 Å². The maximum Gasteiger partial charge on any atom is 0.265 e. The molecule has 0 spiro atoms. The van der Waals surface area contributed by atoms with E-state index in [-0.39, 0.29) is 18.1 Å². The fourth-order valence-electron chi connectivity index (χ4n) is 2.39. The summed E-state index contributed by atoms with van der Waals surface area (Å²) < 4.78 is 11.5. The average Bonchev–Trinajstić information content (AvgIpc) is 2.50. The van der Waals surface area contributed by atoms with Crippen LogP contribution in [0.2, 0.25) is 0 Å². The Hall–Kier alpha value is -1.75. The molecule has 3 unspecified atom stereocenters. The molecule has 1 aliphatic rings. The molecule has 1 aromatic carbocycles. The van der Waals surface area contributed by atoms with Gasteiger partial charge in [0.15, 0.2) is 11.5 Å². The van der Waals surface area contributed by atoms with Crippen molar-refractivity contribution in [3.8, 4) is 11.5 Å². The van der Waals surface area contributed by atoms with E-state index in [4.69, 9.17) is 15.2 Å². The standard InChI is InChI=1S/C16H24N2O3/c1-3-4-7-12(10-17)18-16(19)15-11(2)20-13-8-5-6-9-14(13)21-15/h5-6,8-9,11-12,15H,3-4,7,10,17H2,1-2H3,(H,18,19). The Morgan fingerprint density at radius 3 is 2.62 bits per heavy atom. The van der Waals surface area contributed by atoms with Crippen LogP contribution < -0.4 is 20.5 Å². The molecule has 0 saturated carbocycles. The molecule has 116 valence electrons. The third-order valence-electron chi connectivity index (χ3n) is 3.64. The van der Waals surface area contributed by atoms with Gasteiger partial charge in [0, 0.05) is 12.6 Å². The highest BCUT2D eigenvalue weighted by atomic mass is 16.6. The van der Waals surface area contributed by atoms with E-state index in [1.807, 2.05) is 25.1 Å². The molecule has 0 aromatic heterocycles. The molecule has 21 heavy (non-hydrogen) atoms. The van der Waals surface area contributed by atoms with Crippen molar-refractivity contribution in [2.24, 2.45) is 5.73 Å². The van der Waals surface area contributed by atoms with Crippen molar-refractivity contribution in [2.45, 2.75) is 51.4 Å². The lowest BCUT2D eigenvalue weighted by atomic mass is 10.1. The van der Waals surface area contributed by atoms with Crippen LogP contribution in [-0.4, -0.2) is 30.7 Å². The molecule has 1 aliphatic heterocycles. The molecular formula is C16H24N2O3. The molecule has 0 aliphatic carbocycles. The van der Waals surface area contributed by atoms with Gasteiger partial charge in [-0.25, -0.2) is 0 Å². The third-order valence-corrected chi connectivity index (χ3v) is 3.64. The van der Waals surface area contributed by atoms with E-state index >= 15 is 0 Å². The molecule has 0 bridgehead atoms. The second-order valence-electron chi connectivity index (χ2n) is 5.39. The molecule has 1 heterocycles. The van der Waals surface area contributed by atoms with Gasteiger partial charge in [0.2, 0.25) is 6.10 Å². The molecule has 3 atom stereocenters. The molecule has 0 radical (unpaired) electrons. The minimum Gasteiger partial charge on any atom is -0.482 e. The van der Waals surface area contributed by atoms with Crippen molar-refractivity contribution in [2.75, 3.05) is 6.54 Å². The second kappa shape index (κ2) is 7.31. The van der Waals surface area contributed by atoms with Gasteiger partial charge in [0.05, 0.1) is 0 Å². The summed E-state index contributed by atoms with van der Waals surface area (Å²) in [6.45, 7) is 4.39. The number of carbonyl (C=O) groups is 1. The minimum absolute atomic E-state index is 0.00887. The van der Waals surface area contributed by atoms with Gasteiger partial charge in [-0.2, -0.15) is 0 Å². The molecule has 2 rings (SSSR count). The van der Waals surface area contributed by atoms with Crippen molar-refractivity contribution < 1.29 is 14.3 Å². The highest BCUT2D eigenvalue weighted by molar-refractivity contribution is 5.82. The smallest absolute Gasteiger partial charge is 0.265 e. The monoisotopic (exact) mass is 292 g/mol. The zero-order chi connectivity index (χ0) is 15.2. The van der Waals surface area contributed by atoms with E-state index < -0.39 is 6.10 Å². The van der Waals surface area contributed by atoms with Crippen LogP contribution in [0.1, 0.15) is 33.1 Å². The van der Waals surface area contributed by atoms with Crippen molar-refractivity contribution in [1.82, 2.24) is 5.32 Å². The van der Waals surface area contributed by atoms with Crippen LogP contribution in [0.15, 0.2) is 24.3 Å². The number of nitrogens with one attached hydrogen (secondary N) is 1. The van der Waals surface area contributed by atoms with Crippen molar-refractivity contribution in [3.05, 3.63) is 24.3 Å². The van der Waals surface area contributed by atoms with Crippen LogP contribution in [0.4, 0.5) is 0 Å². The van der Waals surface area contributed by atoms with Crippen molar-refractivity contribution in [1.29, 1.82) is 0 Å². The predicted octanol–water partition coefficient (Wildman–Crippen LogP) is 1.85. The molecule has 1 amide bonds. The van der Waals surface area contributed by atoms with Gasteiger partial charge in [-0.05, 0) is 25.5 Å². The van der Waals surface area contributed by atoms with Gasteiger partial charge < -0.3 is 20.5 Å². The lowest BCUT2D eigenvalue weighted by Crippen LogP contribution is -2.52. The number of carbonyl (C=O) groups excluding carboxylic acids is 1. The van der Waals surface area contributed by atoms with Crippen LogP contribution in [0.3, 0.4) is 0 Å². The number of amides is 1. The summed E-state index contributed by atoms with van der Waals surface area (Å²) in [4.78, 5) is 12.4. The number of unbranched alkanes of at least 4 members (excludes halogenated alkanes) is 1. The lowest BCUT2D eigenvalue weighted by Gasteiger charge is -2.32. The summed E-state index contributed by atoms with van der Waals surface area (Å²) in [5.74, 6) is 1.12. The summed E-state index contributed by atoms with van der Waals surface area (Å²) in [5, 5.41) is 2.96. The van der Waals surface area contributed by atoms with Gasteiger partial charge in [-0.3, -0.25) is 4.79 Å². The van der Waals surface area contributed by atoms with Crippen LogP contribution in [-0.2, 0) is 4.79 Å². The summed E-state index contributed by atoms with van der Waals surface area (Å²) in [5.41, 5.74) is 5.72. The average molecular weight is 292 g/mol. The maximum absolute atomic E-state index is 12.4.